The van der Waals surface area contributed by atoms with Gasteiger partial charge >= 0.3 is 0 Å². The minimum absolute atomic E-state index is 0.235. The molecule has 3 nitrogen and oxygen atoms in total. The molecule has 1 aliphatic rings. The highest BCUT2D eigenvalue weighted by molar-refractivity contribution is 5.21. The number of nitrogens with two attached hydrogens (primary N) is 1. The molecule has 0 spiro atoms. The molecule has 100 valence electrons. The zero-order chi connectivity index (χ0) is 13.0. The van der Waals surface area contributed by atoms with Crippen LogP contribution in [-0.2, 0) is 0 Å². The van der Waals surface area contributed by atoms with Gasteiger partial charge in [-0.05, 0) is 44.0 Å². The van der Waals surface area contributed by atoms with E-state index in [1.807, 2.05) is 0 Å². The lowest BCUT2D eigenvalue weighted by molar-refractivity contribution is 0.123. The lowest BCUT2D eigenvalue weighted by Gasteiger charge is -2.36. The Kier molecular flexibility index (Phi) is 4.55. The molecule has 1 aromatic rings. The van der Waals surface area contributed by atoms with E-state index < -0.39 is 0 Å². The van der Waals surface area contributed by atoms with Crippen molar-refractivity contribution in [2.75, 3.05) is 19.7 Å². The average Bonchev–Trinajstić information content (AvgIpc) is 2.34. The van der Waals surface area contributed by atoms with Crippen molar-refractivity contribution in [3.8, 4) is 5.75 Å². The van der Waals surface area contributed by atoms with E-state index in [9.17, 15) is 4.39 Å². The Morgan fingerprint density at radius 1 is 1.39 bits per heavy atom. The first-order valence-corrected chi connectivity index (χ1v) is 6.53. The second kappa shape index (κ2) is 6.16. The van der Waals surface area contributed by atoms with Crippen LogP contribution in [0.15, 0.2) is 24.3 Å². The number of halogens is 1. The molecule has 2 rings (SSSR count). The largest absolute Gasteiger partial charge is 0.492 e. The molecule has 0 aliphatic carbocycles. The summed E-state index contributed by atoms with van der Waals surface area (Å²) in [7, 11) is 0. The van der Waals surface area contributed by atoms with Gasteiger partial charge in [-0.15, -0.1) is 0 Å². The maximum Gasteiger partial charge on any atom is 0.123 e. The summed E-state index contributed by atoms with van der Waals surface area (Å²) >= 11 is 0. The van der Waals surface area contributed by atoms with Crippen LogP contribution in [0.1, 0.15) is 19.8 Å². The number of likely N-dealkylation sites (tertiary alicyclic amines) is 1. The van der Waals surface area contributed by atoms with Crippen molar-refractivity contribution < 1.29 is 9.13 Å². The first-order chi connectivity index (χ1) is 8.65. The van der Waals surface area contributed by atoms with Crippen LogP contribution in [0.5, 0.6) is 5.75 Å². The zero-order valence-corrected chi connectivity index (χ0v) is 10.8. The van der Waals surface area contributed by atoms with Gasteiger partial charge in [-0.25, -0.2) is 4.39 Å². The maximum absolute atomic E-state index is 12.7. The van der Waals surface area contributed by atoms with Gasteiger partial charge in [-0.1, -0.05) is 0 Å². The van der Waals surface area contributed by atoms with Crippen LogP contribution in [0, 0.1) is 5.82 Å². The predicted molar refractivity (Wildman–Crippen MR) is 70.1 cm³/mol. The molecule has 4 heteroatoms. The first kappa shape index (κ1) is 13.3. The molecule has 0 amide bonds. The third-order valence-corrected chi connectivity index (χ3v) is 3.52. The summed E-state index contributed by atoms with van der Waals surface area (Å²) in [6, 6.07) is 7.01. The van der Waals surface area contributed by atoms with Gasteiger partial charge in [0.25, 0.3) is 0 Å². The Balaban J connectivity index is 1.73. The molecular formula is C14H21FN2O. The molecule has 1 fully saturated rings. The molecule has 0 aromatic heterocycles. The molecule has 0 radical (unpaired) electrons. The molecule has 2 unspecified atom stereocenters. The fourth-order valence-corrected chi connectivity index (χ4v) is 2.40. The Bertz CT molecular complexity index is 369. The van der Waals surface area contributed by atoms with Gasteiger partial charge in [-0.2, -0.15) is 0 Å². The van der Waals surface area contributed by atoms with E-state index in [2.05, 4.69) is 11.8 Å². The molecule has 2 N–H and O–H groups in total. The average molecular weight is 252 g/mol. The van der Waals surface area contributed by atoms with E-state index in [0.717, 1.165) is 31.7 Å². The molecule has 1 heterocycles. The monoisotopic (exact) mass is 252 g/mol. The van der Waals surface area contributed by atoms with Gasteiger partial charge in [-0.3, -0.25) is 4.90 Å². The lowest BCUT2D eigenvalue weighted by atomic mass is 9.99. The highest BCUT2D eigenvalue weighted by atomic mass is 19.1. The van der Waals surface area contributed by atoms with Gasteiger partial charge in [0, 0.05) is 25.2 Å². The van der Waals surface area contributed by atoms with Gasteiger partial charge in [0.1, 0.15) is 18.2 Å². The topological polar surface area (TPSA) is 38.5 Å². The van der Waals surface area contributed by atoms with Crippen LogP contribution in [-0.4, -0.2) is 36.7 Å². The van der Waals surface area contributed by atoms with Crippen molar-refractivity contribution in [2.24, 2.45) is 5.73 Å². The number of hydrogen-bond acceptors (Lipinski definition) is 3. The van der Waals surface area contributed by atoms with Crippen molar-refractivity contribution in [1.29, 1.82) is 0 Å². The normalized spacial score (nSPS) is 25.1. The zero-order valence-electron chi connectivity index (χ0n) is 10.8. The van der Waals surface area contributed by atoms with Crippen molar-refractivity contribution in [2.45, 2.75) is 31.8 Å². The number of hydrogen-bond donors (Lipinski definition) is 1. The van der Waals surface area contributed by atoms with Gasteiger partial charge in [0.15, 0.2) is 0 Å². The lowest BCUT2D eigenvalue weighted by Crippen LogP contribution is -2.46. The standard InChI is InChI=1S/C14H21FN2O/c1-11-10-13(16)6-7-17(11)8-9-18-14-4-2-12(15)3-5-14/h2-5,11,13H,6-10,16H2,1H3. The maximum atomic E-state index is 12.7. The molecule has 1 aliphatic heterocycles. The Morgan fingerprint density at radius 2 is 2.11 bits per heavy atom. The Labute approximate surface area is 108 Å². The second-order valence-electron chi connectivity index (χ2n) is 4.97. The second-order valence-corrected chi connectivity index (χ2v) is 4.97. The molecule has 0 saturated carbocycles. The summed E-state index contributed by atoms with van der Waals surface area (Å²) in [5.74, 6) is 0.485. The summed E-state index contributed by atoms with van der Waals surface area (Å²) in [4.78, 5) is 2.40. The van der Waals surface area contributed by atoms with Crippen molar-refractivity contribution >= 4 is 0 Å². The van der Waals surface area contributed by atoms with Crippen LogP contribution in [0.4, 0.5) is 4.39 Å². The highest BCUT2D eigenvalue weighted by Gasteiger charge is 2.22. The van der Waals surface area contributed by atoms with Crippen LogP contribution >= 0.6 is 0 Å². The van der Waals surface area contributed by atoms with Crippen LogP contribution in [0.2, 0.25) is 0 Å². The highest BCUT2D eigenvalue weighted by Crippen LogP contribution is 2.16. The van der Waals surface area contributed by atoms with Crippen LogP contribution in [0.25, 0.3) is 0 Å². The first-order valence-electron chi connectivity index (χ1n) is 6.53. The number of ether oxygens (including phenoxy) is 1. The minimum atomic E-state index is -0.235. The smallest absolute Gasteiger partial charge is 0.123 e. The third kappa shape index (κ3) is 3.68. The summed E-state index contributed by atoms with van der Waals surface area (Å²) < 4.78 is 18.3. The Hall–Kier alpha value is -1.13. The van der Waals surface area contributed by atoms with Crippen LogP contribution < -0.4 is 10.5 Å². The molecule has 1 aromatic carbocycles. The van der Waals surface area contributed by atoms with Gasteiger partial charge in [0.05, 0.1) is 0 Å². The Morgan fingerprint density at radius 3 is 2.78 bits per heavy atom. The molecule has 2 atom stereocenters. The molecule has 18 heavy (non-hydrogen) atoms. The number of rotatable bonds is 4. The summed E-state index contributed by atoms with van der Waals surface area (Å²) in [6.07, 6.45) is 2.11. The van der Waals surface area contributed by atoms with Gasteiger partial charge < -0.3 is 10.5 Å². The molecule has 0 bridgehead atoms. The SMILES string of the molecule is CC1CC(N)CCN1CCOc1ccc(F)cc1. The number of nitrogens with zero attached hydrogens (tertiary/aromatic N) is 1. The van der Waals surface area contributed by atoms with Gasteiger partial charge in [0.2, 0.25) is 0 Å². The van der Waals surface area contributed by atoms with E-state index in [4.69, 9.17) is 10.5 Å². The number of piperidine rings is 1. The van der Waals surface area contributed by atoms with E-state index in [1.54, 1.807) is 12.1 Å². The summed E-state index contributed by atoms with van der Waals surface area (Å²) in [5.41, 5.74) is 5.93. The van der Waals surface area contributed by atoms with E-state index in [-0.39, 0.29) is 5.82 Å². The van der Waals surface area contributed by atoms with Crippen molar-refractivity contribution in [1.82, 2.24) is 4.90 Å². The van der Waals surface area contributed by atoms with Crippen LogP contribution in [0.3, 0.4) is 0 Å². The molecule has 1 saturated heterocycles. The van der Waals surface area contributed by atoms with E-state index in [0.29, 0.717) is 18.7 Å². The molecular weight excluding hydrogens is 231 g/mol. The quantitative estimate of drug-likeness (QED) is 0.891. The fourth-order valence-electron chi connectivity index (χ4n) is 2.40. The summed E-state index contributed by atoms with van der Waals surface area (Å²) in [6.45, 7) is 4.77. The predicted octanol–water partition coefficient (Wildman–Crippen LogP) is 2.02. The van der Waals surface area contributed by atoms with E-state index in [1.165, 1.54) is 12.1 Å². The summed E-state index contributed by atoms with van der Waals surface area (Å²) in [5, 5.41) is 0. The number of benzene rings is 1. The van der Waals surface area contributed by atoms with Crippen molar-refractivity contribution in [3.05, 3.63) is 30.1 Å². The third-order valence-electron chi connectivity index (χ3n) is 3.52. The van der Waals surface area contributed by atoms with E-state index >= 15 is 0 Å². The fraction of sp³-hybridized carbons (Fsp3) is 0.571. The van der Waals surface area contributed by atoms with Crippen molar-refractivity contribution in [3.63, 3.8) is 0 Å². The minimum Gasteiger partial charge on any atom is -0.492 e.